The van der Waals surface area contributed by atoms with Crippen molar-refractivity contribution < 1.29 is 14.3 Å². The van der Waals surface area contributed by atoms with E-state index in [1.165, 1.54) is 6.26 Å². The number of amides is 2. The molecule has 0 aliphatic rings. The Bertz CT molecular complexity index is 579. The number of carbonyl (C=O) groups excluding carboxylic acids is 1. The van der Waals surface area contributed by atoms with Gasteiger partial charge >= 0.3 is 6.03 Å². The molecule has 1 unspecified atom stereocenters. The van der Waals surface area contributed by atoms with Crippen LogP contribution in [-0.2, 0) is 5.60 Å². The molecular weight excluding hydrogens is 258 g/mol. The van der Waals surface area contributed by atoms with Crippen LogP contribution < -0.4 is 10.6 Å². The number of hydrogen-bond donors (Lipinski definition) is 3. The number of furan rings is 1. The molecular formula is C14H17N3O3. The van der Waals surface area contributed by atoms with Gasteiger partial charge in [-0.2, -0.15) is 0 Å². The maximum Gasteiger partial charge on any atom is 0.319 e. The zero-order chi connectivity index (χ0) is 14.6. The molecule has 6 nitrogen and oxygen atoms in total. The number of aryl methyl sites for hydroxylation is 1. The van der Waals surface area contributed by atoms with E-state index < -0.39 is 11.6 Å². The Morgan fingerprint density at radius 1 is 1.50 bits per heavy atom. The number of pyridine rings is 1. The van der Waals surface area contributed by atoms with Crippen molar-refractivity contribution in [2.75, 3.05) is 11.9 Å². The Balaban J connectivity index is 1.89. The van der Waals surface area contributed by atoms with Gasteiger partial charge in [-0.3, -0.25) is 4.98 Å². The minimum absolute atomic E-state index is 0.0381. The fourth-order valence-electron chi connectivity index (χ4n) is 1.72. The molecule has 2 heterocycles. The van der Waals surface area contributed by atoms with Gasteiger partial charge in [-0.15, -0.1) is 0 Å². The molecule has 0 spiro atoms. The van der Waals surface area contributed by atoms with Crippen LogP contribution in [0.25, 0.3) is 0 Å². The second kappa shape index (κ2) is 5.75. The highest BCUT2D eigenvalue weighted by molar-refractivity contribution is 5.89. The Hall–Kier alpha value is -2.34. The number of aromatic nitrogens is 1. The van der Waals surface area contributed by atoms with E-state index in [9.17, 15) is 9.90 Å². The molecule has 106 valence electrons. The number of nitrogens with zero attached hydrogens (tertiary/aromatic N) is 1. The van der Waals surface area contributed by atoms with Gasteiger partial charge in [0.15, 0.2) is 0 Å². The molecule has 2 amide bonds. The van der Waals surface area contributed by atoms with Crippen LogP contribution in [0.3, 0.4) is 0 Å². The van der Waals surface area contributed by atoms with Gasteiger partial charge in [-0.1, -0.05) is 0 Å². The summed E-state index contributed by atoms with van der Waals surface area (Å²) in [6.07, 6.45) is 3.09. The quantitative estimate of drug-likeness (QED) is 0.796. The first-order valence-electron chi connectivity index (χ1n) is 6.21. The second-order valence-electron chi connectivity index (χ2n) is 4.74. The molecule has 2 aromatic rings. The summed E-state index contributed by atoms with van der Waals surface area (Å²) in [5, 5.41) is 15.5. The Morgan fingerprint density at radius 2 is 2.30 bits per heavy atom. The van der Waals surface area contributed by atoms with Crippen LogP contribution in [0, 0.1) is 6.92 Å². The lowest BCUT2D eigenvalue weighted by Crippen LogP contribution is -2.40. The van der Waals surface area contributed by atoms with Crippen LogP contribution in [-0.4, -0.2) is 22.7 Å². The predicted molar refractivity (Wildman–Crippen MR) is 74.3 cm³/mol. The van der Waals surface area contributed by atoms with Gasteiger partial charge in [-0.25, -0.2) is 4.79 Å². The highest BCUT2D eigenvalue weighted by Crippen LogP contribution is 2.19. The first-order chi connectivity index (χ1) is 9.47. The predicted octanol–water partition coefficient (Wildman–Crippen LogP) is 2.01. The summed E-state index contributed by atoms with van der Waals surface area (Å²) in [6, 6.07) is 6.39. The normalized spacial score (nSPS) is 13.6. The van der Waals surface area contributed by atoms with Crippen LogP contribution in [0.2, 0.25) is 0 Å². The van der Waals surface area contributed by atoms with E-state index in [1.807, 2.05) is 6.92 Å². The molecule has 2 aromatic heterocycles. The third-order valence-corrected chi connectivity index (χ3v) is 2.80. The lowest BCUT2D eigenvalue weighted by molar-refractivity contribution is 0.0372. The van der Waals surface area contributed by atoms with Gasteiger partial charge in [0, 0.05) is 17.6 Å². The summed E-state index contributed by atoms with van der Waals surface area (Å²) in [5.74, 6) is 0.401. The number of rotatable bonds is 4. The van der Waals surface area contributed by atoms with E-state index in [-0.39, 0.29) is 6.54 Å². The zero-order valence-electron chi connectivity index (χ0n) is 11.4. The average molecular weight is 275 g/mol. The molecule has 2 rings (SSSR count). The maximum absolute atomic E-state index is 11.8. The lowest BCUT2D eigenvalue weighted by atomic mass is 10.0. The van der Waals surface area contributed by atoms with Crippen molar-refractivity contribution in [1.82, 2.24) is 10.3 Å². The Morgan fingerprint density at radius 3 is 2.95 bits per heavy atom. The first-order valence-corrected chi connectivity index (χ1v) is 6.21. The molecule has 0 saturated heterocycles. The van der Waals surface area contributed by atoms with Crippen molar-refractivity contribution in [2.45, 2.75) is 19.4 Å². The number of hydrogen-bond acceptors (Lipinski definition) is 4. The van der Waals surface area contributed by atoms with Gasteiger partial charge in [-0.05, 0) is 38.1 Å². The summed E-state index contributed by atoms with van der Waals surface area (Å²) >= 11 is 0. The third kappa shape index (κ3) is 3.58. The highest BCUT2D eigenvalue weighted by Gasteiger charge is 2.26. The minimum atomic E-state index is -1.25. The molecule has 1 atom stereocenters. The number of urea groups is 1. The fraction of sp³-hybridized carbons (Fsp3) is 0.286. The van der Waals surface area contributed by atoms with Gasteiger partial charge in [0.1, 0.15) is 11.4 Å². The number of nitrogens with one attached hydrogen (secondary N) is 2. The SMILES string of the molecule is Cc1cc(NC(=O)NCC(C)(O)c2ccco2)ccn1. The maximum atomic E-state index is 11.8. The van der Waals surface area contributed by atoms with Crippen molar-refractivity contribution in [3.63, 3.8) is 0 Å². The monoisotopic (exact) mass is 275 g/mol. The fourth-order valence-corrected chi connectivity index (χ4v) is 1.72. The average Bonchev–Trinajstić information content (AvgIpc) is 2.91. The summed E-state index contributed by atoms with van der Waals surface area (Å²) in [7, 11) is 0. The zero-order valence-corrected chi connectivity index (χ0v) is 11.4. The molecule has 6 heteroatoms. The van der Waals surface area contributed by atoms with Crippen LogP contribution >= 0.6 is 0 Å². The van der Waals surface area contributed by atoms with Gasteiger partial charge in [0.25, 0.3) is 0 Å². The molecule has 0 saturated carbocycles. The minimum Gasteiger partial charge on any atom is -0.466 e. The van der Waals surface area contributed by atoms with E-state index in [4.69, 9.17) is 4.42 Å². The van der Waals surface area contributed by atoms with E-state index in [1.54, 1.807) is 37.4 Å². The van der Waals surface area contributed by atoms with Crippen LogP contribution in [0.15, 0.2) is 41.1 Å². The number of aliphatic hydroxyl groups is 1. The van der Waals surface area contributed by atoms with Gasteiger partial charge < -0.3 is 20.2 Å². The number of anilines is 1. The van der Waals surface area contributed by atoms with Crippen LogP contribution in [0.1, 0.15) is 18.4 Å². The van der Waals surface area contributed by atoms with E-state index in [0.29, 0.717) is 11.4 Å². The molecule has 3 N–H and O–H groups in total. The van der Waals surface area contributed by atoms with Crippen LogP contribution in [0.4, 0.5) is 10.5 Å². The molecule has 20 heavy (non-hydrogen) atoms. The Labute approximate surface area is 116 Å². The molecule has 0 aliphatic carbocycles. The molecule has 0 aliphatic heterocycles. The summed E-state index contributed by atoms with van der Waals surface area (Å²) < 4.78 is 5.13. The first kappa shape index (κ1) is 14.1. The molecule has 0 fully saturated rings. The van der Waals surface area contributed by atoms with E-state index in [2.05, 4.69) is 15.6 Å². The summed E-state index contributed by atoms with van der Waals surface area (Å²) in [5.41, 5.74) is 0.202. The van der Waals surface area contributed by atoms with Crippen molar-refractivity contribution in [1.29, 1.82) is 0 Å². The van der Waals surface area contributed by atoms with Crippen molar-refractivity contribution in [3.8, 4) is 0 Å². The standard InChI is InChI=1S/C14H17N3O3/c1-10-8-11(5-6-15-10)17-13(18)16-9-14(2,19)12-4-3-7-20-12/h3-8,19H,9H2,1-2H3,(H2,15,16,17,18). The molecule has 0 bridgehead atoms. The lowest BCUT2D eigenvalue weighted by Gasteiger charge is -2.21. The topological polar surface area (TPSA) is 87.4 Å². The van der Waals surface area contributed by atoms with Crippen LogP contribution in [0.5, 0.6) is 0 Å². The van der Waals surface area contributed by atoms with Gasteiger partial charge in [0.05, 0.1) is 12.8 Å². The van der Waals surface area contributed by atoms with Crippen molar-refractivity contribution in [3.05, 3.63) is 48.2 Å². The van der Waals surface area contributed by atoms with E-state index in [0.717, 1.165) is 5.69 Å². The second-order valence-corrected chi connectivity index (χ2v) is 4.74. The summed E-state index contributed by atoms with van der Waals surface area (Å²) in [6.45, 7) is 3.45. The van der Waals surface area contributed by atoms with Gasteiger partial charge in [0.2, 0.25) is 0 Å². The van der Waals surface area contributed by atoms with Crippen molar-refractivity contribution >= 4 is 11.7 Å². The van der Waals surface area contributed by atoms with E-state index >= 15 is 0 Å². The Kier molecular flexibility index (Phi) is 4.05. The highest BCUT2D eigenvalue weighted by atomic mass is 16.4. The third-order valence-electron chi connectivity index (χ3n) is 2.80. The van der Waals surface area contributed by atoms with Crippen molar-refractivity contribution in [2.24, 2.45) is 0 Å². The smallest absolute Gasteiger partial charge is 0.319 e. The largest absolute Gasteiger partial charge is 0.466 e. The number of carbonyl (C=O) groups is 1. The summed E-state index contributed by atoms with van der Waals surface area (Å²) in [4.78, 5) is 15.8. The molecule has 0 radical (unpaired) electrons. The molecule has 0 aromatic carbocycles.